The molecule has 0 amide bonds. The van der Waals surface area contributed by atoms with Gasteiger partial charge in [0.1, 0.15) is 0 Å². The van der Waals surface area contributed by atoms with Crippen LogP contribution in [0, 0.1) is 23.3 Å². The van der Waals surface area contributed by atoms with Crippen molar-refractivity contribution >= 4 is 19.7 Å². The van der Waals surface area contributed by atoms with Crippen LogP contribution in [0.1, 0.15) is 0 Å². The van der Waals surface area contributed by atoms with Crippen molar-refractivity contribution in [3.8, 4) is 0 Å². The lowest BCUT2D eigenvalue weighted by molar-refractivity contribution is -0.325. The fourth-order valence-corrected chi connectivity index (χ4v) is 4.82. The van der Waals surface area contributed by atoms with E-state index in [0.29, 0.717) is 0 Å². The van der Waals surface area contributed by atoms with E-state index in [1.54, 1.807) is 0 Å². The van der Waals surface area contributed by atoms with Crippen LogP contribution in [0.2, 0.25) is 0 Å². The smallest absolute Gasteiger partial charge is 0.217 e. The monoisotopic (exact) mass is 554 g/mol. The Morgan fingerprint density at radius 1 is 0.471 bits per heavy atom. The van der Waals surface area contributed by atoms with E-state index >= 15 is 0 Å². The van der Waals surface area contributed by atoms with E-state index in [1.807, 2.05) is 0 Å². The zero-order valence-corrected chi connectivity index (χ0v) is 17.1. The van der Waals surface area contributed by atoms with Crippen molar-refractivity contribution in [1.82, 2.24) is 0 Å². The Bertz CT molecular complexity index is 1230. The second kappa shape index (κ2) is 8.03. The number of alkyl halides is 8. The summed E-state index contributed by atoms with van der Waals surface area (Å²) in [5.74, 6) is -23.7. The van der Waals surface area contributed by atoms with Crippen molar-refractivity contribution in [3.63, 3.8) is 0 Å². The van der Waals surface area contributed by atoms with Gasteiger partial charge in [0, 0.05) is 0 Å². The van der Waals surface area contributed by atoms with Gasteiger partial charge in [0.25, 0.3) is 0 Å². The summed E-state index contributed by atoms with van der Waals surface area (Å²) in [6.45, 7) is 0. The topological polar surface area (TPSA) is 68.3 Å². The van der Waals surface area contributed by atoms with Crippen molar-refractivity contribution in [3.05, 3.63) is 59.7 Å². The molecule has 0 heterocycles. The maximum atomic E-state index is 14.2. The summed E-state index contributed by atoms with van der Waals surface area (Å²) >= 11 is 0. The lowest BCUT2D eigenvalue weighted by atomic mass is 10.2. The van der Waals surface area contributed by atoms with Gasteiger partial charge >= 0.3 is 22.4 Å². The Morgan fingerprint density at radius 2 is 0.735 bits per heavy atom. The summed E-state index contributed by atoms with van der Waals surface area (Å²) in [4.78, 5) is -4.50. The van der Waals surface area contributed by atoms with Gasteiger partial charge in [0.2, 0.25) is 19.7 Å². The maximum Gasteiger partial charge on any atom is 0.418 e. The van der Waals surface area contributed by atoms with Crippen LogP contribution in [0.5, 0.6) is 0 Å². The first-order valence-corrected chi connectivity index (χ1v) is 10.9. The fourth-order valence-electron chi connectivity index (χ4n) is 2.29. The Balaban J connectivity index is 2.70. The molecule has 0 spiro atoms. The molecule has 0 aliphatic carbocycles. The second-order valence-corrected chi connectivity index (χ2v) is 10.3. The normalized spacial score (nSPS) is 14.4. The molecule has 2 aromatic carbocycles. The Kier molecular flexibility index (Phi) is 6.55. The third-order valence-corrected chi connectivity index (χ3v) is 7.81. The third kappa shape index (κ3) is 3.70. The van der Waals surface area contributed by atoms with Crippen LogP contribution >= 0.6 is 0 Å². The van der Waals surface area contributed by atoms with E-state index in [1.165, 1.54) is 0 Å². The average molecular weight is 554 g/mol. The van der Waals surface area contributed by atoms with Gasteiger partial charge in [-0.25, -0.2) is 34.4 Å². The van der Waals surface area contributed by atoms with Crippen molar-refractivity contribution < 1.29 is 69.5 Å². The summed E-state index contributed by atoms with van der Waals surface area (Å²) in [6, 6.07) is -2.27. The highest BCUT2D eigenvalue weighted by Crippen LogP contribution is 2.57. The number of hydrogen-bond donors (Lipinski definition) is 0. The van der Waals surface area contributed by atoms with Gasteiger partial charge in [0.05, 0.1) is 9.79 Å². The van der Waals surface area contributed by atoms with Gasteiger partial charge in [-0.3, -0.25) is 0 Å². The van der Waals surface area contributed by atoms with Gasteiger partial charge in [0.15, 0.2) is 23.3 Å². The number of benzene rings is 2. The zero-order chi connectivity index (χ0) is 26.7. The van der Waals surface area contributed by atoms with Crippen LogP contribution in [-0.4, -0.2) is 39.2 Å². The van der Waals surface area contributed by atoms with Crippen molar-refractivity contribution in [1.29, 1.82) is 0 Å². The lowest BCUT2D eigenvalue weighted by Gasteiger charge is -2.35. The summed E-state index contributed by atoms with van der Waals surface area (Å²) < 4.78 is 212. The van der Waals surface area contributed by atoms with Gasteiger partial charge in [-0.1, -0.05) is 0 Å². The highest BCUT2D eigenvalue weighted by atomic mass is 32.2. The highest BCUT2D eigenvalue weighted by Gasteiger charge is 2.87. The fraction of sp³-hybridized carbons (Fsp3) is 0.250. The zero-order valence-electron chi connectivity index (χ0n) is 15.4. The molecule has 4 nitrogen and oxygen atoms in total. The average Bonchev–Trinajstić information content (AvgIpc) is 2.71. The lowest BCUT2D eigenvalue weighted by Crippen LogP contribution is -2.66. The molecular formula is C16H6F12O4S2. The molecule has 0 saturated heterocycles. The molecule has 34 heavy (non-hydrogen) atoms. The summed E-state index contributed by atoms with van der Waals surface area (Å²) in [7, 11) is -14.4. The highest BCUT2D eigenvalue weighted by molar-refractivity contribution is 7.93. The molecule has 0 fully saturated rings. The largest absolute Gasteiger partial charge is 0.418 e. The van der Waals surface area contributed by atoms with Gasteiger partial charge in [-0.15, -0.1) is 0 Å². The molecule has 0 atom stereocenters. The number of hydrogen-bond acceptors (Lipinski definition) is 4. The van der Waals surface area contributed by atoms with Crippen molar-refractivity contribution in [2.24, 2.45) is 0 Å². The van der Waals surface area contributed by atoms with Crippen LogP contribution < -0.4 is 0 Å². The molecule has 2 rings (SSSR count). The van der Waals surface area contributed by atoms with E-state index < -0.39 is 87.2 Å². The van der Waals surface area contributed by atoms with Gasteiger partial charge in [-0.2, -0.15) is 35.1 Å². The van der Waals surface area contributed by atoms with Crippen LogP contribution in [0.15, 0.2) is 46.2 Å². The standard InChI is InChI=1S/C16H6F12O4S2/c17-9-3-1-7(5-11(9)19)33(29,30)15(25,26)13(21,22)14(23,24)16(27,28)34(31,32)8-2-4-10(18)12(20)6-8/h1-6H. The minimum absolute atomic E-state index is 0.198. The maximum absolute atomic E-state index is 14.2. The molecule has 0 unspecified atom stereocenters. The van der Waals surface area contributed by atoms with Crippen LogP contribution in [0.4, 0.5) is 52.7 Å². The molecule has 0 aliphatic heterocycles. The van der Waals surface area contributed by atoms with Gasteiger partial charge in [-0.05, 0) is 36.4 Å². The summed E-state index contributed by atoms with van der Waals surface area (Å²) in [6.07, 6.45) is 0. The Hall–Kier alpha value is -2.50. The van der Waals surface area contributed by atoms with E-state index in [9.17, 15) is 69.5 Å². The molecular weight excluding hydrogens is 548 g/mol. The molecule has 0 aliphatic rings. The molecule has 0 saturated carbocycles. The quantitative estimate of drug-likeness (QED) is 0.359. The van der Waals surface area contributed by atoms with E-state index in [-0.39, 0.29) is 24.3 Å². The number of sulfone groups is 2. The molecule has 0 radical (unpaired) electrons. The van der Waals surface area contributed by atoms with E-state index in [4.69, 9.17) is 0 Å². The minimum Gasteiger partial charge on any atom is -0.217 e. The molecule has 0 N–H and O–H groups in total. The predicted molar refractivity (Wildman–Crippen MR) is 86.9 cm³/mol. The van der Waals surface area contributed by atoms with Crippen LogP contribution in [0.25, 0.3) is 0 Å². The summed E-state index contributed by atoms with van der Waals surface area (Å²) in [5, 5.41) is -14.5. The van der Waals surface area contributed by atoms with E-state index in [2.05, 4.69) is 0 Å². The van der Waals surface area contributed by atoms with Crippen molar-refractivity contribution in [2.75, 3.05) is 0 Å². The number of halogens is 12. The first kappa shape index (κ1) is 27.7. The molecule has 0 aromatic heterocycles. The van der Waals surface area contributed by atoms with Crippen molar-refractivity contribution in [2.45, 2.75) is 32.1 Å². The Labute approximate surface area is 181 Å². The Morgan fingerprint density at radius 3 is 0.971 bits per heavy atom. The molecule has 2 aromatic rings. The minimum atomic E-state index is -7.74. The first-order valence-electron chi connectivity index (χ1n) is 7.98. The SMILES string of the molecule is O=S(=O)(c1ccc(F)c(F)c1)C(F)(F)C(F)(F)C(F)(F)C(F)(F)S(=O)(=O)c1ccc(F)c(F)c1. The molecule has 18 heteroatoms. The van der Waals surface area contributed by atoms with Gasteiger partial charge < -0.3 is 0 Å². The third-order valence-electron chi connectivity index (χ3n) is 4.20. The molecule has 190 valence electrons. The van der Waals surface area contributed by atoms with E-state index in [0.717, 1.165) is 0 Å². The molecule has 0 bridgehead atoms. The second-order valence-electron chi connectivity index (χ2n) is 6.34. The predicted octanol–water partition coefficient (Wildman–Crippen LogP) is 4.95. The first-order chi connectivity index (χ1) is 15.1. The van der Waals surface area contributed by atoms with Crippen LogP contribution in [-0.2, 0) is 19.7 Å². The summed E-state index contributed by atoms with van der Waals surface area (Å²) in [5.41, 5.74) is 0. The van der Waals surface area contributed by atoms with Crippen LogP contribution in [0.3, 0.4) is 0 Å². The number of rotatable bonds is 7.